The molecule has 1 amide bonds. The Morgan fingerprint density at radius 2 is 1.96 bits per heavy atom. The van der Waals surface area contributed by atoms with Crippen molar-refractivity contribution in [3.05, 3.63) is 59.7 Å². The largest absolute Gasteiger partial charge is 0.508 e. The van der Waals surface area contributed by atoms with Gasteiger partial charge in [-0.05, 0) is 24.6 Å². The number of benzodiazepines with no additional fused rings is 1. The number of hydrogen-bond donors (Lipinski definition) is 2. The Bertz CT molecular complexity index is 891. The molecule has 3 rings (SSSR count). The predicted octanol–water partition coefficient (Wildman–Crippen LogP) is 3.22. The fourth-order valence-electron chi connectivity index (χ4n) is 3.22. The van der Waals surface area contributed by atoms with Crippen LogP contribution in [0.3, 0.4) is 0 Å². The van der Waals surface area contributed by atoms with Gasteiger partial charge in [-0.2, -0.15) is 0 Å². The summed E-state index contributed by atoms with van der Waals surface area (Å²) in [5.41, 5.74) is 2.62. The fraction of sp³-hybridized carbons (Fsp3) is 0.286. The molecule has 1 unspecified atom stereocenters. The number of carbonyl (C=O) groups is 2. The maximum Gasteiger partial charge on any atom is 0.306 e. The minimum absolute atomic E-state index is 0.0841. The number of unbranched alkanes of at least 4 members (excludes halogenated alkanes) is 1. The second-order valence-corrected chi connectivity index (χ2v) is 6.50. The number of benzene rings is 2. The van der Waals surface area contributed by atoms with Crippen molar-refractivity contribution in [3.8, 4) is 5.75 Å². The molecule has 2 aromatic rings. The van der Waals surface area contributed by atoms with Crippen molar-refractivity contribution < 1.29 is 19.8 Å². The van der Waals surface area contributed by atoms with Gasteiger partial charge < -0.3 is 15.1 Å². The van der Waals surface area contributed by atoms with Crippen LogP contribution in [-0.4, -0.2) is 40.4 Å². The number of amides is 1. The van der Waals surface area contributed by atoms with Crippen LogP contribution in [0, 0.1) is 0 Å². The summed E-state index contributed by atoms with van der Waals surface area (Å²) in [5.74, 6) is -1.30. The van der Waals surface area contributed by atoms with Crippen molar-refractivity contribution in [2.45, 2.75) is 32.2 Å². The third kappa shape index (κ3) is 4.00. The minimum Gasteiger partial charge on any atom is -0.508 e. The van der Waals surface area contributed by atoms with Gasteiger partial charge in [0.05, 0.1) is 17.8 Å². The Kier molecular flexibility index (Phi) is 5.54. The number of hydrogen-bond acceptors (Lipinski definition) is 4. The smallest absolute Gasteiger partial charge is 0.306 e. The van der Waals surface area contributed by atoms with Crippen molar-refractivity contribution in [1.29, 1.82) is 0 Å². The van der Waals surface area contributed by atoms with E-state index in [0.717, 1.165) is 18.4 Å². The van der Waals surface area contributed by atoms with Gasteiger partial charge in [0, 0.05) is 17.7 Å². The number of rotatable bonds is 6. The highest BCUT2D eigenvalue weighted by Gasteiger charge is 2.32. The molecule has 0 saturated carbocycles. The van der Waals surface area contributed by atoms with Crippen molar-refractivity contribution in [3.63, 3.8) is 0 Å². The molecule has 0 spiro atoms. The fourth-order valence-corrected chi connectivity index (χ4v) is 3.22. The number of anilines is 1. The van der Waals surface area contributed by atoms with Crippen LogP contribution in [0.4, 0.5) is 5.69 Å². The van der Waals surface area contributed by atoms with Crippen LogP contribution < -0.4 is 4.90 Å². The SMILES string of the molecule is CCCCN1C(=O)C(CC(=O)O)N=C(c2cccc(O)c2)c2ccccc21. The molecule has 0 radical (unpaired) electrons. The van der Waals surface area contributed by atoms with Crippen LogP contribution in [0.25, 0.3) is 0 Å². The monoisotopic (exact) mass is 366 g/mol. The second-order valence-electron chi connectivity index (χ2n) is 6.50. The normalized spacial score (nSPS) is 16.5. The number of aromatic hydroxyl groups is 1. The molecule has 2 aromatic carbocycles. The number of para-hydroxylation sites is 1. The van der Waals surface area contributed by atoms with Crippen LogP contribution in [0.2, 0.25) is 0 Å². The molecular weight excluding hydrogens is 344 g/mol. The van der Waals surface area contributed by atoms with Crippen molar-refractivity contribution in [2.75, 3.05) is 11.4 Å². The molecule has 1 aliphatic heterocycles. The number of nitrogens with zero attached hydrogens (tertiary/aromatic N) is 2. The summed E-state index contributed by atoms with van der Waals surface area (Å²) in [6.07, 6.45) is 1.34. The molecular formula is C21H22N2O4. The van der Waals surface area contributed by atoms with E-state index in [1.54, 1.807) is 29.2 Å². The van der Waals surface area contributed by atoms with E-state index in [9.17, 15) is 19.8 Å². The number of carboxylic acids is 1. The van der Waals surface area contributed by atoms with Gasteiger partial charge in [-0.15, -0.1) is 0 Å². The standard InChI is InChI=1S/C21H22N2O4/c1-2-3-11-23-18-10-5-4-9-16(18)20(14-7-6-8-15(24)12-14)22-17(21(23)27)13-19(25)26/h4-10,12,17,24H,2-3,11,13H2,1H3,(H,25,26). The minimum atomic E-state index is -1.08. The van der Waals surface area contributed by atoms with Crippen molar-refractivity contribution >= 4 is 23.3 Å². The van der Waals surface area contributed by atoms with Gasteiger partial charge in [-0.1, -0.05) is 43.7 Å². The Hall–Kier alpha value is -3.15. The zero-order valence-electron chi connectivity index (χ0n) is 15.1. The first-order valence-corrected chi connectivity index (χ1v) is 9.01. The number of carboxylic acid groups (broad SMARTS) is 1. The number of phenols is 1. The summed E-state index contributed by atoms with van der Waals surface area (Å²) >= 11 is 0. The number of fused-ring (bicyclic) bond motifs is 1. The second kappa shape index (κ2) is 8.03. The van der Waals surface area contributed by atoms with Gasteiger partial charge in [-0.25, -0.2) is 0 Å². The number of carbonyl (C=O) groups excluding carboxylic acids is 1. The molecule has 1 aliphatic rings. The molecule has 1 atom stereocenters. The van der Waals surface area contributed by atoms with Crippen LogP contribution in [0.5, 0.6) is 5.75 Å². The van der Waals surface area contributed by atoms with E-state index in [0.29, 0.717) is 23.5 Å². The van der Waals surface area contributed by atoms with E-state index in [4.69, 9.17) is 0 Å². The van der Waals surface area contributed by atoms with E-state index in [1.807, 2.05) is 31.2 Å². The molecule has 2 N–H and O–H groups in total. The Morgan fingerprint density at radius 3 is 2.67 bits per heavy atom. The average Bonchev–Trinajstić information content (AvgIpc) is 2.75. The summed E-state index contributed by atoms with van der Waals surface area (Å²) in [6.45, 7) is 2.54. The van der Waals surface area contributed by atoms with Gasteiger partial charge in [0.15, 0.2) is 0 Å². The number of phenolic OH excluding ortho intramolecular Hbond substituents is 1. The van der Waals surface area contributed by atoms with Gasteiger partial charge in [-0.3, -0.25) is 14.6 Å². The topological polar surface area (TPSA) is 90.2 Å². The number of aliphatic imine (C=N–C) groups is 1. The van der Waals surface area contributed by atoms with Crippen molar-refractivity contribution in [1.82, 2.24) is 0 Å². The van der Waals surface area contributed by atoms with Gasteiger partial charge in [0.25, 0.3) is 5.91 Å². The summed E-state index contributed by atoms with van der Waals surface area (Å²) in [6, 6.07) is 13.0. The van der Waals surface area contributed by atoms with E-state index in [1.165, 1.54) is 0 Å². The van der Waals surface area contributed by atoms with Crippen LogP contribution in [0.15, 0.2) is 53.5 Å². The molecule has 6 heteroatoms. The molecule has 6 nitrogen and oxygen atoms in total. The van der Waals surface area contributed by atoms with Gasteiger partial charge in [0.2, 0.25) is 0 Å². The molecule has 1 heterocycles. The van der Waals surface area contributed by atoms with Gasteiger partial charge in [0.1, 0.15) is 11.8 Å². The third-order valence-corrected chi connectivity index (χ3v) is 4.51. The third-order valence-electron chi connectivity index (χ3n) is 4.51. The molecule has 27 heavy (non-hydrogen) atoms. The lowest BCUT2D eigenvalue weighted by Crippen LogP contribution is -2.39. The summed E-state index contributed by atoms with van der Waals surface area (Å²) in [5, 5.41) is 19.1. The lowest BCUT2D eigenvalue weighted by atomic mass is 10.00. The maximum atomic E-state index is 13.1. The molecule has 0 bridgehead atoms. The highest BCUT2D eigenvalue weighted by Crippen LogP contribution is 2.30. The first-order chi connectivity index (χ1) is 13.0. The lowest BCUT2D eigenvalue weighted by molar-refractivity contribution is -0.139. The summed E-state index contributed by atoms with van der Waals surface area (Å²) in [7, 11) is 0. The summed E-state index contributed by atoms with van der Waals surface area (Å²) < 4.78 is 0. The summed E-state index contributed by atoms with van der Waals surface area (Å²) in [4.78, 5) is 30.6. The molecule has 0 aromatic heterocycles. The van der Waals surface area contributed by atoms with Gasteiger partial charge >= 0.3 is 5.97 Å². The van der Waals surface area contributed by atoms with E-state index in [-0.39, 0.29) is 18.1 Å². The predicted molar refractivity (Wildman–Crippen MR) is 103 cm³/mol. The molecule has 0 fully saturated rings. The van der Waals surface area contributed by atoms with Crippen LogP contribution >= 0.6 is 0 Å². The van der Waals surface area contributed by atoms with E-state index in [2.05, 4.69) is 4.99 Å². The van der Waals surface area contributed by atoms with Crippen LogP contribution in [0.1, 0.15) is 37.3 Å². The zero-order valence-corrected chi connectivity index (χ0v) is 15.1. The highest BCUT2D eigenvalue weighted by atomic mass is 16.4. The molecule has 0 saturated heterocycles. The van der Waals surface area contributed by atoms with E-state index < -0.39 is 12.0 Å². The van der Waals surface area contributed by atoms with E-state index >= 15 is 0 Å². The highest BCUT2D eigenvalue weighted by molar-refractivity contribution is 6.20. The first-order valence-electron chi connectivity index (χ1n) is 9.01. The Balaban J connectivity index is 2.19. The average molecular weight is 366 g/mol. The van der Waals surface area contributed by atoms with Crippen LogP contribution in [-0.2, 0) is 9.59 Å². The Labute approximate surface area is 157 Å². The first kappa shape index (κ1) is 18.6. The quantitative estimate of drug-likeness (QED) is 0.821. The molecule has 140 valence electrons. The zero-order chi connectivity index (χ0) is 19.4. The Morgan fingerprint density at radius 1 is 1.19 bits per heavy atom. The molecule has 0 aliphatic carbocycles. The number of aliphatic carboxylic acids is 1. The van der Waals surface area contributed by atoms with Crippen molar-refractivity contribution in [2.24, 2.45) is 4.99 Å². The lowest BCUT2D eigenvalue weighted by Gasteiger charge is -2.24. The maximum absolute atomic E-state index is 13.1.